The Labute approximate surface area is 129 Å². The van der Waals surface area contributed by atoms with Crippen molar-refractivity contribution in [2.24, 2.45) is 0 Å². The Hall–Kier alpha value is -1.40. The first-order valence-corrected chi connectivity index (χ1v) is 7.46. The topological polar surface area (TPSA) is 59.8 Å². The molecule has 0 fully saturated rings. The summed E-state index contributed by atoms with van der Waals surface area (Å²) in [5.41, 5.74) is 0.561. The third-order valence-electron chi connectivity index (χ3n) is 3.30. The Morgan fingerprint density at radius 3 is 3.15 bits per heavy atom. The van der Waals surface area contributed by atoms with Gasteiger partial charge in [0.2, 0.25) is 0 Å². The van der Waals surface area contributed by atoms with Crippen LogP contribution in [0.4, 0.5) is 0 Å². The highest BCUT2D eigenvalue weighted by atomic mass is 79.9. The van der Waals surface area contributed by atoms with E-state index in [2.05, 4.69) is 31.3 Å². The molecule has 0 spiro atoms. The lowest BCUT2D eigenvalue weighted by molar-refractivity contribution is 0.0926. The summed E-state index contributed by atoms with van der Waals surface area (Å²) in [5, 5.41) is 7.73. The summed E-state index contributed by atoms with van der Waals surface area (Å²) in [4.78, 5) is 16.6. The molecule has 0 bridgehead atoms. The number of rotatable bonds is 2. The van der Waals surface area contributed by atoms with Gasteiger partial charge in [0.05, 0.1) is 11.6 Å². The molecule has 1 unspecified atom stereocenters. The van der Waals surface area contributed by atoms with E-state index in [1.54, 1.807) is 18.2 Å². The minimum absolute atomic E-state index is 0.0960. The van der Waals surface area contributed by atoms with Crippen molar-refractivity contribution < 1.29 is 4.79 Å². The number of carbonyl (C=O) groups excluding carboxylic acids is 1. The number of fused-ring (bicyclic) bond motifs is 1. The molecule has 1 aromatic carbocycles. The molecule has 20 heavy (non-hydrogen) atoms. The molecule has 104 valence electrons. The average molecular weight is 356 g/mol. The van der Waals surface area contributed by atoms with Crippen LogP contribution in [0, 0.1) is 0 Å². The maximum Gasteiger partial charge on any atom is 0.253 e. The Balaban J connectivity index is 1.81. The van der Waals surface area contributed by atoms with Crippen LogP contribution in [0.2, 0.25) is 5.02 Å². The monoisotopic (exact) mass is 354 g/mol. The third-order valence-corrected chi connectivity index (χ3v) is 4.19. The van der Waals surface area contributed by atoms with Crippen molar-refractivity contribution in [2.45, 2.75) is 25.4 Å². The number of nitrogens with one attached hydrogen (secondary N) is 1. The second-order valence-electron chi connectivity index (χ2n) is 4.63. The van der Waals surface area contributed by atoms with Gasteiger partial charge in [0.15, 0.2) is 0 Å². The Bertz CT molecular complexity index is 658. The van der Waals surface area contributed by atoms with Crippen LogP contribution < -0.4 is 5.32 Å². The second kappa shape index (κ2) is 5.54. The summed E-state index contributed by atoms with van der Waals surface area (Å²) in [6.07, 6.45) is 3.37. The minimum Gasteiger partial charge on any atom is -0.342 e. The summed E-state index contributed by atoms with van der Waals surface area (Å²) >= 11 is 9.24. The highest BCUT2D eigenvalue weighted by Crippen LogP contribution is 2.25. The zero-order valence-corrected chi connectivity index (χ0v) is 12.9. The smallest absolute Gasteiger partial charge is 0.253 e. The van der Waals surface area contributed by atoms with Gasteiger partial charge in [0.1, 0.15) is 12.2 Å². The normalized spacial score (nSPS) is 17.6. The van der Waals surface area contributed by atoms with E-state index < -0.39 is 0 Å². The predicted molar refractivity (Wildman–Crippen MR) is 78.6 cm³/mol. The van der Waals surface area contributed by atoms with Crippen molar-refractivity contribution in [3.8, 4) is 0 Å². The first kappa shape index (κ1) is 13.6. The van der Waals surface area contributed by atoms with Crippen molar-refractivity contribution in [3.63, 3.8) is 0 Å². The molecule has 1 N–H and O–H groups in total. The van der Waals surface area contributed by atoms with Crippen molar-refractivity contribution in [2.75, 3.05) is 0 Å². The SMILES string of the molecule is O=C(NC1CCCn2ncnc21)c1ccc(Cl)cc1Br. The molecule has 3 rings (SSSR count). The first-order valence-electron chi connectivity index (χ1n) is 6.29. The fraction of sp³-hybridized carbons (Fsp3) is 0.308. The molecule has 0 saturated heterocycles. The van der Waals surface area contributed by atoms with Crippen molar-refractivity contribution in [1.82, 2.24) is 20.1 Å². The van der Waals surface area contributed by atoms with Gasteiger partial charge in [-0.3, -0.25) is 4.79 Å². The van der Waals surface area contributed by atoms with E-state index in [4.69, 9.17) is 11.6 Å². The maximum atomic E-state index is 12.3. The van der Waals surface area contributed by atoms with E-state index in [1.165, 1.54) is 6.33 Å². The highest BCUT2D eigenvalue weighted by molar-refractivity contribution is 9.10. The lowest BCUT2D eigenvalue weighted by Crippen LogP contribution is -2.33. The number of aromatic nitrogens is 3. The fourth-order valence-electron chi connectivity index (χ4n) is 2.34. The van der Waals surface area contributed by atoms with Gasteiger partial charge >= 0.3 is 0 Å². The summed E-state index contributed by atoms with van der Waals surface area (Å²) < 4.78 is 2.52. The van der Waals surface area contributed by atoms with Crippen LogP contribution >= 0.6 is 27.5 Å². The Morgan fingerprint density at radius 2 is 2.35 bits per heavy atom. The second-order valence-corrected chi connectivity index (χ2v) is 5.92. The van der Waals surface area contributed by atoms with Gasteiger partial charge in [-0.05, 0) is 47.0 Å². The van der Waals surface area contributed by atoms with Gasteiger partial charge in [-0.1, -0.05) is 11.6 Å². The van der Waals surface area contributed by atoms with E-state index >= 15 is 0 Å². The Morgan fingerprint density at radius 1 is 1.50 bits per heavy atom. The van der Waals surface area contributed by atoms with Crippen LogP contribution in [-0.4, -0.2) is 20.7 Å². The predicted octanol–water partition coefficient (Wildman–Crippen LogP) is 2.96. The largest absolute Gasteiger partial charge is 0.342 e. The number of hydrogen-bond donors (Lipinski definition) is 1. The molecule has 1 aromatic heterocycles. The van der Waals surface area contributed by atoms with Gasteiger partial charge < -0.3 is 5.32 Å². The summed E-state index contributed by atoms with van der Waals surface area (Å²) in [5.74, 6) is 0.671. The van der Waals surface area contributed by atoms with Crippen LogP contribution in [-0.2, 0) is 6.54 Å². The van der Waals surface area contributed by atoms with Gasteiger partial charge in [-0.15, -0.1) is 0 Å². The van der Waals surface area contributed by atoms with Gasteiger partial charge in [-0.25, -0.2) is 9.67 Å². The lowest BCUT2D eigenvalue weighted by atomic mass is 10.1. The van der Waals surface area contributed by atoms with Gasteiger partial charge in [-0.2, -0.15) is 5.10 Å². The molecule has 5 nitrogen and oxygen atoms in total. The zero-order valence-electron chi connectivity index (χ0n) is 10.5. The number of hydrogen-bond acceptors (Lipinski definition) is 3. The van der Waals surface area contributed by atoms with E-state index in [9.17, 15) is 4.79 Å². The number of aryl methyl sites for hydroxylation is 1. The minimum atomic E-state index is -0.144. The van der Waals surface area contributed by atoms with E-state index in [0.29, 0.717) is 15.1 Å². The molecule has 1 aliphatic heterocycles. The lowest BCUT2D eigenvalue weighted by Gasteiger charge is -2.23. The maximum absolute atomic E-state index is 12.3. The van der Waals surface area contributed by atoms with Crippen LogP contribution in [0.1, 0.15) is 35.1 Å². The number of carbonyl (C=O) groups is 1. The highest BCUT2D eigenvalue weighted by Gasteiger charge is 2.24. The average Bonchev–Trinajstić information content (AvgIpc) is 2.87. The fourth-order valence-corrected chi connectivity index (χ4v) is 3.20. The van der Waals surface area contributed by atoms with Crippen LogP contribution in [0.25, 0.3) is 0 Å². The molecule has 1 atom stereocenters. The summed E-state index contributed by atoms with van der Waals surface area (Å²) in [6.45, 7) is 0.854. The molecule has 0 saturated carbocycles. The molecule has 2 heterocycles. The molecule has 0 radical (unpaired) electrons. The zero-order chi connectivity index (χ0) is 14.1. The van der Waals surface area contributed by atoms with E-state index in [-0.39, 0.29) is 11.9 Å². The first-order chi connectivity index (χ1) is 9.65. The van der Waals surface area contributed by atoms with E-state index in [0.717, 1.165) is 25.2 Å². The Kier molecular flexibility index (Phi) is 3.76. The number of amides is 1. The molecule has 0 aliphatic carbocycles. The molecule has 2 aromatic rings. The van der Waals surface area contributed by atoms with Crippen molar-refractivity contribution >= 4 is 33.4 Å². The molecular weight excluding hydrogens is 344 g/mol. The van der Waals surface area contributed by atoms with Crippen LogP contribution in [0.3, 0.4) is 0 Å². The van der Waals surface area contributed by atoms with Crippen molar-refractivity contribution in [3.05, 3.63) is 45.4 Å². The van der Waals surface area contributed by atoms with Crippen LogP contribution in [0.5, 0.6) is 0 Å². The van der Waals surface area contributed by atoms with E-state index in [1.807, 2.05) is 4.68 Å². The number of benzene rings is 1. The summed E-state index contributed by atoms with van der Waals surface area (Å²) in [6, 6.07) is 5.01. The van der Waals surface area contributed by atoms with Gasteiger partial charge in [0, 0.05) is 16.0 Å². The number of halogens is 2. The molecule has 1 aliphatic rings. The van der Waals surface area contributed by atoms with Gasteiger partial charge in [0.25, 0.3) is 5.91 Å². The molecule has 1 amide bonds. The van der Waals surface area contributed by atoms with Crippen molar-refractivity contribution in [1.29, 1.82) is 0 Å². The molecular formula is C13H12BrClN4O. The summed E-state index contributed by atoms with van der Waals surface area (Å²) in [7, 11) is 0. The number of nitrogens with zero attached hydrogens (tertiary/aromatic N) is 3. The quantitative estimate of drug-likeness (QED) is 0.901. The third kappa shape index (κ3) is 2.58. The standard InChI is InChI=1S/C13H12BrClN4O/c14-10-6-8(15)3-4-9(10)13(20)18-11-2-1-5-19-12(11)16-7-17-19/h3-4,6-7,11H,1-2,5H2,(H,18,20). The van der Waals surface area contributed by atoms with Crippen LogP contribution in [0.15, 0.2) is 29.0 Å². The molecule has 7 heteroatoms.